The molecule has 1 aromatic carbocycles. The topological polar surface area (TPSA) is 20.2 Å². The first-order valence-corrected chi connectivity index (χ1v) is 5.80. The van der Waals surface area contributed by atoms with E-state index in [9.17, 15) is 5.11 Å². The first-order chi connectivity index (χ1) is 6.56. The second-order valence-electron chi connectivity index (χ2n) is 3.79. The second-order valence-corrected chi connectivity index (χ2v) is 4.58. The van der Waals surface area contributed by atoms with Crippen LogP contribution in [0.4, 0.5) is 0 Å². The first kappa shape index (κ1) is 11.7. The molecular formula is C12H17BrO. The van der Waals surface area contributed by atoms with Gasteiger partial charge in [0, 0.05) is 4.47 Å². The molecular weight excluding hydrogens is 240 g/mol. The van der Waals surface area contributed by atoms with Crippen LogP contribution in [0.1, 0.15) is 42.6 Å². The number of aliphatic hydroxyl groups excluding tert-OH is 1. The van der Waals surface area contributed by atoms with Gasteiger partial charge in [0.1, 0.15) is 0 Å². The third-order valence-electron chi connectivity index (χ3n) is 2.35. The Morgan fingerprint density at radius 2 is 2.00 bits per heavy atom. The van der Waals surface area contributed by atoms with Gasteiger partial charge in [-0.3, -0.25) is 0 Å². The van der Waals surface area contributed by atoms with Crippen molar-refractivity contribution in [2.24, 2.45) is 0 Å². The van der Waals surface area contributed by atoms with Gasteiger partial charge in [0.2, 0.25) is 0 Å². The molecule has 2 heteroatoms. The molecule has 1 atom stereocenters. The van der Waals surface area contributed by atoms with Crippen molar-refractivity contribution in [2.45, 2.75) is 39.7 Å². The van der Waals surface area contributed by atoms with Gasteiger partial charge in [-0.15, -0.1) is 0 Å². The Balaban J connectivity index is 3.07. The maximum absolute atomic E-state index is 9.92. The second kappa shape index (κ2) is 4.94. The first-order valence-electron chi connectivity index (χ1n) is 5.01. The highest BCUT2D eigenvalue weighted by molar-refractivity contribution is 9.10. The van der Waals surface area contributed by atoms with Crippen LogP contribution in [0.2, 0.25) is 0 Å². The van der Waals surface area contributed by atoms with Crippen LogP contribution in [-0.2, 0) is 0 Å². The Morgan fingerprint density at radius 1 is 1.36 bits per heavy atom. The quantitative estimate of drug-likeness (QED) is 0.870. The third-order valence-corrected chi connectivity index (χ3v) is 3.43. The number of rotatable bonds is 3. The van der Waals surface area contributed by atoms with Gasteiger partial charge in [-0.1, -0.05) is 47.0 Å². The average molecular weight is 257 g/mol. The summed E-state index contributed by atoms with van der Waals surface area (Å²) < 4.78 is 1.05. The van der Waals surface area contributed by atoms with E-state index < -0.39 is 0 Å². The van der Waals surface area contributed by atoms with Crippen LogP contribution >= 0.6 is 15.9 Å². The van der Waals surface area contributed by atoms with Gasteiger partial charge in [-0.2, -0.15) is 0 Å². The van der Waals surface area contributed by atoms with Crippen LogP contribution in [0.15, 0.2) is 16.6 Å². The van der Waals surface area contributed by atoms with E-state index in [4.69, 9.17) is 0 Å². The smallest absolute Gasteiger partial charge is 0.0801 e. The molecule has 1 N–H and O–H groups in total. The van der Waals surface area contributed by atoms with E-state index in [1.807, 2.05) is 0 Å². The highest BCUT2D eigenvalue weighted by atomic mass is 79.9. The molecule has 0 aromatic heterocycles. The summed E-state index contributed by atoms with van der Waals surface area (Å²) in [6.07, 6.45) is 1.48. The third kappa shape index (κ3) is 2.58. The molecule has 1 rings (SSSR count). The van der Waals surface area contributed by atoms with Crippen LogP contribution in [0.25, 0.3) is 0 Å². The summed E-state index contributed by atoms with van der Waals surface area (Å²) in [5.41, 5.74) is 3.41. The number of halogens is 1. The summed E-state index contributed by atoms with van der Waals surface area (Å²) in [7, 11) is 0. The molecule has 0 bridgehead atoms. The van der Waals surface area contributed by atoms with Crippen molar-refractivity contribution in [2.75, 3.05) is 0 Å². The van der Waals surface area contributed by atoms with Gasteiger partial charge >= 0.3 is 0 Å². The van der Waals surface area contributed by atoms with Crippen LogP contribution in [0.5, 0.6) is 0 Å². The lowest BCUT2D eigenvalue weighted by molar-refractivity contribution is 0.165. The summed E-state index contributed by atoms with van der Waals surface area (Å²) in [5.74, 6) is 0. The summed E-state index contributed by atoms with van der Waals surface area (Å²) >= 11 is 3.52. The van der Waals surface area contributed by atoms with Gasteiger partial charge in [-0.25, -0.2) is 0 Å². The molecule has 0 radical (unpaired) electrons. The number of benzene rings is 1. The number of hydrogen-bond donors (Lipinski definition) is 1. The number of aliphatic hydroxyl groups is 1. The summed E-state index contributed by atoms with van der Waals surface area (Å²) in [4.78, 5) is 0. The van der Waals surface area contributed by atoms with Gasteiger partial charge in [0.05, 0.1) is 6.10 Å². The fraction of sp³-hybridized carbons (Fsp3) is 0.500. The zero-order valence-corrected chi connectivity index (χ0v) is 10.6. The Morgan fingerprint density at radius 3 is 2.57 bits per heavy atom. The zero-order chi connectivity index (χ0) is 10.7. The van der Waals surface area contributed by atoms with Gasteiger partial charge in [-0.05, 0) is 31.4 Å². The molecule has 0 saturated heterocycles. The maximum atomic E-state index is 9.92. The largest absolute Gasteiger partial charge is 0.388 e. The highest BCUT2D eigenvalue weighted by Crippen LogP contribution is 2.30. The highest BCUT2D eigenvalue weighted by Gasteiger charge is 2.12. The van der Waals surface area contributed by atoms with Crippen molar-refractivity contribution < 1.29 is 5.11 Å². The van der Waals surface area contributed by atoms with E-state index in [0.717, 1.165) is 22.9 Å². The van der Waals surface area contributed by atoms with Crippen molar-refractivity contribution in [3.05, 3.63) is 33.3 Å². The van der Waals surface area contributed by atoms with Gasteiger partial charge in [0.25, 0.3) is 0 Å². The Bertz CT molecular complexity index is 320. The molecule has 1 aromatic rings. The summed E-state index contributed by atoms with van der Waals surface area (Å²) in [6.45, 7) is 6.20. The maximum Gasteiger partial charge on any atom is 0.0801 e. The Kier molecular flexibility index (Phi) is 4.14. The zero-order valence-electron chi connectivity index (χ0n) is 8.97. The van der Waals surface area contributed by atoms with Gasteiger partial charge < -0.3 is 5.11 Å². The van der Waals surface area contributed by atoms with Gasteiger partial charge in [0.15, 0.2) is 0 Å². The molecule has 14 heavy (non-hydrogen) atoms. The Hall–Kier alpha value is -0.340. The van der Waals surface area contributed by atoms with Crippen molar-refractivity contribution in [3.8, 4) is 0 Å². The van der Waals surface area contributed by atoms with Crippen molar-refractivity contribution in [1.29, 1.82) is 0 Å². The molecule has 78 valence electrons. The molecule has 0 fully saturated rings. The summed E-state index contributed by atoms with van der Waals surface area (Å²) in [5, 5.41) is 9.92. The van der Waals surface area contributed by atoms with E-state index in [2.05, 4.69) is 48.8 Å². The van der Waals surface area contributed by atoms with Crippen molar-refractivity contribution in [1.82, 2.24) is 0 Å². The fourth-order valence-corrected chi connectivity index (χ4v) is 2.15. The predicted octanol–water partition coefficient (Wildman–Crippen LogP) is 3.90. The molecule has 0 saturated carbocycles. The van der Waals surface area contributed by atoms with E-state index in [1.165, 1.54) is 11.1 Å². The molecule has 1 unspecified atom stereocenters. The van der Waals surface area contributed by atoms with E-state index in [1.54, 1.807) is 0 Å². The van der Waals surface area contributed by atoms with Crippen LogP contribution in [0, 0.1) is 13.8 Å². The standard InChI is InChI=1S/C12H17BrO/c1-4-5-11(14)10-7-8(2)6-9(3)12(10)13/h6-7,11,14H,4-5H2,1-3H3. The fourth-order valence-electron chi connectivity index (χ4n) is 1.65. The predicted molar refractivity (Wildman–Crippen MR) is 63.5 cm³/mol. The molecule has 0 aliphatic rings. The Labute approximate surface area is 94.3 Å². The van der Waals surface area contributed by atoms with E-state index in [-0.39, 0.29) is 6.10 Å². The van der Waals surface area contributed by atoms with Crippen molar-refractivity contribution >= 4 is 15.9 Å². The minimum atomic E-state index is -0.340. The number of hydrogen-bond acceptors (Lipinski definition) is 1. The summed E-state index contributed by atoms with van der Waals surface area (Å²) in [6, 6.07) is 4.17. The number of aryl methyl sites for hydroxylation is 2. The molecule has 0 aliphatic heterocycles. The van der Waals surface area contributed by atoms with Crippen LogP contribution in [0.3, 0.4) is 0 Å². The van der Waals surface area contributed by atoms with E-state index >= 15 is 0 Å². The minimum absolute atomic E-state index is 0.340. The lowest BCUT2D eigenvalue weighted by Gasteiger charge is -2.14. The molecule has 0 heterocycles. The molecule has 0 spiro atoms. The van der Waals surface area contributed by atoms with Crippen LogP contribution in [-0.4, -0.2) is 5.11 Å². The van der Waals surface area contributed by atoms with Crippen LogP contribution < -0.4 is 0 Å². The lowest BCUT2D eigenvalue weighted by atomic mass is 10.0. The molecule has 0 amide bonds. The molecule has 0 aliphatic carbocycles. The minimum Gasteiger partial charge on any atom is -0.388 e. The SMILES string of the molecule is CCCC(O)c1cc(C)cc(C)c1Br. The lowest BCUT2D eigenvalue weighted by Crippen LogP contribution is -1.99. The average Bonchev–Trinajstić information content (AvgIpc) is 2.11. The molecule has 1 nitrogen and oxygen atoms in total. The monoisotopic (exact) mass is 256 g/mol. The van der Waals surface area contributed by atoms with Crippen molar-refractivity contribution in [3.63, 3.8) is 0 Å². The van der Waals surface area contributed by atoms with E-state index in [0.29, 0.717) is 0 Å². The normalized spacial score (nSPS) is 12.9.